The number of benzene rings is 1. The van der Waals surface area contributed by atoms with E-state index in [-0.39, 0.29) is 29.7 Å². The Morgan fingerprint density at radius 3 is 2.45 bits per heavy atom. The Kier molecular flexibility index (Phi) is 7.65. The monoisotopic (exact) mass is 555 g/mol. The molecule has 0 N–H and O–H groups in total. The molecule has 3 aromatic rings. The van der Waals surface area contributed by atoms with Gasteiger partial charge >= 0.3 is 6.18 Å². The van der Waals surface area contributed by atoms with Crippen LogP contribution in [-0.2, 0) is 12.7 Å². The van der Waals surface area contributed by atoms with E-state index in [9.17, 15) is 18.0 Å². The van der Waals surface area contributed by atoms with Gasteiger partial charge in [0.2, 0.25) is 0 Å². The van der Waals surface area contributed by atoms with Crippen LogP contribution in [0.5, 0.6) is 5.75 Å². The number of hydrogen-bond donors (Lipinski definition) is 0. The van der Waals surface area contributed by atoms with Gasteiger partial charge in [-0.25, -0.2) is 0 Å². The number of aromatic nitrogens is 3. The first-order valence-corrected chi connectivity index (χ1v) is 13.8. The molecule has 1 amide bonds. The summed E-state index contributed by atoms with van der Waals surface area (Å²) >= 11 is 0. The van der Waals surface area contributed by atoms with Crippen molar-refractivity contribution in [1.29, 1.82) is 0 Å². The number of alkyl halides is 3. The van der Waals surface area contributed by atoms with Gasteiger partial charge in [0.05, 0.1) is 17.9 Å². The Morgan fingerprint density at radius 2 is 1.85 bits per heavy atom. The van der Waals surface area contributed by atoms with Crippen molar-refractivity contribution < 1.29 is 22.7 Å². The molecule has 0 spiro atoms. The van der Waals surface area contributed by atoms with E-state index < -0.39 is 11.7 Å². The van der Waals surface area contributed by atoms with Gasteiger partial charge in [0.25, 0.3) is 5.91 Å². The molecule has 7 nitrogen and oxygen atoms in total. The fourth-order valence-electron chi connectivity index (χ4n) is 6.16. The fraction of sp³-hybridized carbons (Fsp3) is 0.500. The number of likely N-dealkylation sites (tertiary alicyclic amines) is 2. The maximum atomic E-state index is 13.0. The van der Waals surface area contributed by atoms with Gasteiger partial charge in [-0.2, -0.15) is 18.3 Å². The van der Waals surface area contributed by atoms with Crippen molar-refractivity contribution in [2.24, 2.45) is 0 Å². The Morgan fingerprint density at radius 1 is 1.07 bits per heavy atom. The van der Waals surface area contributed by atoms with Crippen molar-refractivity contribution in [2.75, 3.05) is 19.7 Å². The molecule has 2 aromatic heterocycles. The third-order valence-corrected chi connectivity index (χ3v) is 8.46. The second kappa shape index (κ2) is 10.9. The Labute approximate surface area is 232 Å². The number of fused-ring (bicyclic) bond motifs is 2. The zero-order valence-corrected chi connectivity index (χ0v) is 23.6. The average Bonchev–Trinajstić information content (AvgIpc) is 3.61. The number of rotatable bonds is 8. The van der Waals surface area contributed by atoms with E-state index in [1.54, 1.807) is 4.90 Å². The Hall–Kier alpha value is -3.40. The van der Waals surface area contributed by atoms with Crippen LogP contribution in [0, 0.1) is 27.7 Å². The zero-order chi connectivity index (χ0) is 28.8. The molecule has 2 saturated heterocycles. The minimum absolute atomic E-state index is 0.0234. The Bertz CT molecular complexity index is 1390. The lowest BCUT2D eigenvalue weighted by Gasteiger charge is -2.38. The summed E-state index contributed by atoms with van der Waals surface area (Å²) in [5.41, 5.74) is 4.95. The van der Waals surface area contributed by atoms with Crippen LogP contribution in [0.1, 0.15) is 69.9 Å². The molecule has 5 rings (SSSR count). The molecule has 2 fully saturated rings. The summed E-state index contributed by atoms with van der Waals surface area (Å²) in [5, 5.41) is 4.51. The van der Waals surface area contributed by atoms with Crippen LogP contribution in [0.3, 0.4) is 0 Å². The summed E-state index contributed by atoms with van der Waals surface area (Å²) in [6.45, 7) is 13.2. The summed E-state index contributed by atoms with van der Waals surface area (Å²) in [6, 6.07) is 8.75. The Balaban J connectivity index is 1.18. The number of pyridine rings is 1. The molecule has 2 aliphatic rings. The van der Waals surface area contributed by atoms with Gasteiger partial charge in [0.15, 0.2) is 0 Å². The predicted molar refractivity (Wildman–Crippen MR) is 145 cm³/mol. The number of amides is 1. The van der Waals surface area contributed by atoms with Crippen LogP contribution >= 0.6 is 0 Å². The fourth-order valence-corrected chi connectivity index (χ4v) is 6.16. The van der Waals surface area contributed by atoms with E-state index in [0.29, 0.717) is 13.2 Å². The number of carbonyl (C=O) groups is 1. The first kappa shape index (κ1) is 28.1. The molecule has 4 heterocycles. The van der Waals surface area contributed by atoms with E-state index in [0.717, 1.165) is 60.9 Å². The van der Waals surface area contributed by atoms with Gasteiger partial charge in [-0.1, -0.05) is 6.07 Å². The van der Waals surface area contributed by atoms with Crippen LogP contribution in [0.15, 0.2) is 36.5 Å². The smallest absolute Gasteiger partial charge is 0.417 e. The van der Waals surface area contributed by atoms with E-state index in [1.165, 1.54) is 17.2 Å². The highest BCUT2D eigenvalue weighted by molar-refractivity contribution is 5.93. The number of nitrogens with zero attached hydrogens (tertiary/aromatic N) is 5. The molecule has 0 radical (unpaired) electrons. The van der Waals surface area contributed by atoms with Crippen molar-refractivity contribution >= 4 is 5.91 Å². The predicted octanol–water partition coefficient (Wildman–Crippen LogP) is 5.66. The number of ether oxygens (including phenoxy) is 1. The molecule has 0 unspecified atom stereocenters. The minimum Gasteiger partial charge on any atom is -0.493 e. The number of carbonyl (C=O) groups excluding carboxylic acids is 1. The molecule has 0 aliphatic carbocycles. The molecule has 0 saturated carbocycles. The topological polar surface area (TPSA) is 63.5 Å². The molecular weight excluding hydrogens is 519 g/mol. The summed E-state index contributed by atoms with van der Waals surface area (Å²) in [6.07, 6.45) is -2.02. The molecule has 2 aliphatic heterocycles. The standard InChI is InChI=1S/C30H36F3N5O2/c1-18-13-19(2)38(35-18)11-6-12-40-28-10-8-26(20(3)21(28)4)22(5)36-16-25-14-24(36)17-37(25)29(39)27-9-7-23(15-34-27)30(31,32)33/h7-10,13,15,22,24-25H,6,11-12,14,16-17H2,1-5H3/t22-,24+,25+/m0/s1. The van der Waals surface area contributed by atoms with E-state index >= 15 is 0 Å². The molecule has 10 heteroatoms. The lowest BCUT2D eigenvalue weighted by molar-refractivity contribution is -0.137. The second-order valence-electron chi connectivity index (χ2n) is 11.1. The van der Waals surface area contributed by atoms with E-state index in [4.69, 9.17) is 4.74 Å². The largest absolute Gasteiger partial charge is 0.493 e. The summed E-state index contributed by atoms with van der Waals surface area (Å²) in [4.78, 5) is 21.0. The van der Waals surface area contributed by atoms with Crippen LogP contribution in [0.25, 0.3) is 0 Å². The van der Waals surface area contributed by atoms with Crippen molar-refractivity contribution in [3.63, 3.8) is 0 Å². The maximum absolute atomic E-state index is 13.0. The van der Waals surface area contributed by atoms with E-state index in [1.807, 2.05) is 11.6 Å². The van der Waals surface area contributed by atoms with Crippen LogP contribution < -0.4 is 4.74 Å². The quantitative estimate of drug-likeness (QED) is 0.336. The first-order valence-electron chi connectivity index (χ1n) is 13.8. The van der Waals surface area contributed by atoms with Gasteiger partial charge < -0.3 is 9.64 Å². The normalized spacial score (nSPS) is 19.9. The summed E-state index contributed by atoms with van der Waals surface area (Å²) < 4.78 is 46.8. The third-order valence-electron chi connectivity index (χ3n) is 8.46. The van der Waals surface area contributed by atoms with Gasteiger partial charge in [0.1, 0.15) is 11.4 Å². The van der Waals surface area contributed by atoms with Gasteiger partial charge in [-0.3, -0.25) is 19.4 Å². The lowest BCUT2D eigenvalue weighted by atomic mass is 9.96. The highest BCUT2D eigenvalue weighted by Crippen LogP contribution is 2.39. The van der Waals surface area contributed by atoms with Crippen molar-refractivity contribution in [2.45, 2.75) is 78.3 Å². The number of aryl methyl sites for hydroxylation is 3. The average molecular weight is 556 g/mol. The molecule has 214 valence electrons. The molecular formula is C30H36F3N5O2. The number of piperazine rings is 1. The maximum Gasteiger partial charge on any atom is 0.417 e. The summed E-state index contributed by atoms with van der Waals surface area (Å²) in [5.74, 6) is 0.588. The minimum atomic E-state index is -4.47. The van der Waals surface area contributed by atoms with Crippen molar-refractivity contribution in [3.05, 3.63) is 75.9 Å². The first-order chi connectivity index (χ1) is 18.9. The lowest BCUT2D eigenvalue weighted by Crippen LogP contribution is -2.49. The highest BCUT2D eigenvalue weighted by Gasteiger charge is 2.47. The molecule has 40 heavy (non-hydrogen) atoms. The SMILES string of the molecule is Cc1cc(C)n(CCCOc2ccc([C@H](C)N3C[C@H]4C[C@@H]3CN4C(=O)c3ccc(C(F)(F)F)cn3)c(C)c2C)n1. The molecule has 1 aromatic carbocycles. The van der Waals surface area contributed by atoms with Crippen LogP contribution in [0.2, 0.25) is 0 Å². The van der Waals surface area contributed by atoms with Gasteiger partial charge in [0, 0.05) is 56.1 Å². The van der Waals surface area contributed by atoms with Crippen molar-refractivity contribution in [1.82, 2.24) is 24.6 Å². The number of halogens is 3. The number of hydrogen-bond acceptors (Lipinski definition) is 5. The summed E-state index contributed by atoms with van der Waals surface area (Å²) in [7, 11) is 0. The van der Waals surface area contributed by atoms with Gasteiger partial charge in [-0.15, -0.1) is 0 Å². The van der Waals surface area contributed by atoms with E-state index in [2.05, 4.69) is 60.9 Å². The van der Waals surface area contributed by atoms with Gasteiger partial charge in [-0.05, 0) is 82.0 Å². The molecule has 2 bridgehead atoms. The van der Waals surface area contributed by atoms with Crippen LogP contribution in [-0.4, -0.2) is 62.3 Å². The molecule has 3 atom stereocenters. The van der Waals surface area contributed by atoms with Crippen molar-refractivity contribution in [3.8, 4) is 5.75 Å². The zero-order valence-electron chi connectivity index (χ0n) is 23.6. The second-order valence-corrected chi connectivity index (χ2v) is 11.1. The third kappa shape index (κ3) is 5.46. The highest BCUT2D eigenvalue weighted by atomic mass is 19.4. The van der Waals surface area contributed by atoms with Crippen LogP contribution in [0.4, 0.5) is 13.2 Å².